The van der Waals surface area contributed by atoms with E-state index in [1.165, 1.54) is 31.5 Å². The summed E-state index contributed by atoms with van der Waals surface area (Å²) in [6.07, 6.45) is 1.78. The first-order chi connectivity index (χ1) is 9.10. The van der Waals surface area contributed by atoms with Gasteiger partial charge in [-0.15, -0.1) is 0 Å². The van der Waals surface area contributed by atoms with Crippen molar-refractivity contribution >= 4 is 17.6 Å². The molecule has 0 aliphatic heterocycles. The molecule has 2 aromatic rings. The number of aromatic nitrogens is 1. The second-order valence-corrected chi connectivity index (χ2v) is 4.38. The van der Waals surface area contributed by atoms with Crippen LogP contribution in [0.25, 0.3) is 0 Å². The average Bonchev–Trinajstić information content (AvgIpc) is 2.40. The number of esters is 1. The molecule has 1 aromatic carbocycles. The van der Waals surface area contributed by atoms with Gasteiger partial charge >= 0.3 is 5.97 Å². The summed E-state index contributed by atoms with van der Waals surface area (Å²) < 4.78 is 17.8. The van der Waals surface area contributed by atoms with Crippen LogP contribution in [0.2, 0.25) is 5.02 Å². The number of carbonyl (C=O) groups is 1. The molecule has 1 heterocycles. The van der Waals surface area contributed by atoms with E-state index in [0.717, 1.165) is 5.56 Å². The molecule has 0 aliphatic carbocycles. The van der Waals surface area contributed by atoms with Crippen molar-refractivity contribution in [2.24, 2.45) is 0 Å². The maximum Gasteiger partial charge on any atom is 0.339 e. The second kappa shape index (κ2) is 5.80. The quantitative estimate of drug-likeness (QED) is 0.810. The Kier molecular flexibility index (Phi) is 4.12. The Morgan fingerprint density at radius 1 is 1.42 bits per heavy atom. The summed E-state index contributed by atoms with van der Waals surface area (Å²) in [6.45, 7) is 0. The molecule has 1 aromatic heterocycles. The molecule has 0 saturated heterocycles. The highest BCUT2D eigenvalue weighted by Gasteiger charge is 2.14. The summed E-state index contributed by atoms with van der Waals surface area (Å²) in [7, 11) is 1.29. The second-order valence-electron chi connectivity index (χ2n) is 3.95. The van der Waals surface area contributed by atoms with E-state index in [0.29, 0.717) is 22.7 Å². The molecule has 0 aliphatic rings. The number of hydrogen-bond acceptors (Lipinski definition) is 3. The van der Waals surface area contributed by atoms with Crippen molar-refractivity contribution in [3.05, 3.63) is 64.2 Å². The Bertz CT molecular complexity index is 616. The molecule has 0 unspecified atom stereocenters. The van der Waals surface area contributed by atoms with Gasteiger partial charge in [0.2, 0.25) is 0 Å². The highest BCUT2D eigenvalue weighted by Crippen LogP contribution is 2.18. The highest BCUT2D eigenvalue weighted by atomic mass is 35.5. The Morgan fingerprint density at radius 2 is 2.21 bits per heavy atom. The van der Waals surface area contributed by atoms with Gasteiger partial charge in [-0.3, -0.25) is 4.98 Å². The largest absolute Gasteiger partial charge is 0.465 e. The number of nitrogens with zero attached hydrogens (tertiary/aromatic N) is 1. The van der Waals surface area contributed by atoms with E-state index >= 15 is 0 Å². The van der Waals surface area contributed by atoms with E-state index in [1.807, 2.05) is 0 Å². The first-order valence-corrected chi connectivity index (χ1v) is 5.95. The van der Waals surface area contributed by atoms with Gasteiger partial charge in [0.1, 0.15) is 5.82 Å². The van der Waals surface area contributed by atoms with Crippen LogP contribution in [-0.2, 0) is 11.2 Å². The van der Waals surface area contributed by atoms with Gasteiger partial charge in [-0.05, 0) is 23.8 Å². The van der Waals surface area contributed by atoms with Gasteiger partial charge < -0.3 is 4.74 Å². The number of methoxy groups -OCH3 is 1. The molecule has 0 fully saturated rings. The molecule has 0 atom stereocenters. The fraction of sp³-hybridized carbons (Fsp3) is 0.143. The number of halogens is 2. The predicted octanol–water partition coefficient (Wildman–Crippen LogP) is 3.25. The first-order valence-electron chi connectivity index (χ1n) is 5.57. The molecule has 19 heavy (non-hydrogen) atoms. The van der Waals surface area contributed by atoms with Gasteiger partial charge in [0.25, 0.3) is 0 Å². The van der Waals surface area contributed by atoms with Crippen LogP contribution >= 0.6 is 11.6 Å². The third-order valence-corrected chi connectivity index (χ3v) is 2.81. The Morgan fingerprint density at radius 3 is 2.89 bits per heavy atom. The zero-order chi connectivity index (χ0) is 13.8. The van der Waals surface area contributed by atoms with E-state index in [4.69, 9.17) is 11.6 Å². The van der Waals surface area contributed by atoms with Crippen LogP contribution in [0.4, 0.5) is 4.39 Å². The predicted molar refractivity (Wildman–Crippen MR) is 69.8 cm³/mol. The molecule has 0 bridgehead atoms. The van der Waals surface area contributed by atoms with Crippen molar-refractivity contribution < 1.29 is 13.9 Å². The average molecular weight is 280 g/mol. The molecule has 0 spiro atoms. The molecule has 3 nitrogen and oxygen atoms in total. The van der Waals surface area contributed by atoms with E-state index in [9.17, 15) is 9.18 Å². The minimum atomic E-state index is -0.513. The summed E-state index contributed by atoms with van der Waals surface area (Å²) in [5, 5.41) is 0.350. The molecule has 0 saturated carbocycles. The Hall–Kier alpha value is -1.94. The zero-order valence-electron chi connectivity index (χ0n) is 10.2. The van der Waals surface area contributed by atoms with Crippen molar-refractivity contribution in [3.63, 3.8) is 0 Å². The normalized spacial score (nSPS) is 10.3. The highest BCUT2D eigenvalue weighted by molar-refractivity contribution is 6.30. The molecule has 98 valence electrons. The summed E-state index contributed by atoms with van der Waals surface area (Å²) in [6, 6.07) is 7.63. The maximum absolute atomic E-state index is 13.1. The van der Waals surface area contributed by atoms with E-state index in [-0.39, 0.29) is 5.82 Å². The number of hydrogen-bond donors (Lipinski definition) is 0. The van der Waals surface area contributed by atoms with Gasteiger partial charge in [-0.2, -0.15) is 0 Å². The number of pyridine rings is 1. The lowest BCUT2D eigenvalue weighted by Crippen LogP contribution is -2.08. The van der Waals surface area contributed by atoms with Crippen LogP contribution < -0.4 is 0 Å². The molecule has 0 N–H and O–H groups in total. The number of ether oxygens (including phenoxy) is 1. The molecule has 0 radical (unpaired) electrons. The van der Waals surface area contributed by atoms with Crippen LogP contribution in [0.1, 0.15) is 21.6 Å². The maximum atomic E-state index is 13.1. The van der Waals surface area contributed by atoms with Crippen LogP contribution in [0.5, 0.6) is 0 Å². The number of rotatable bonds is 3. The van der Waals surface area contributed by atoms with Gasteiger partial charge in [-0.1, -0.05) is 23.7 Å². The van der Waals surface area contributed by atoms with Crippen LogP contribution in [0.3, 0.4) is 0 Å². The number of carbonyl (C=O) groups excluding carboxylic acids is 1. The van der Waals surface area contributed by atoms with Gasteiger partial charge in [-0.25, -0.2) is 9.18 Å². The minimum Gasteiger partial charge on any atom is -0.465 e. The SMILES string of the molecule is COC(=O)c1cc(Cl)cnc1Cc1cccc(F)c1. The summed E-state index contributed by atoms with van der Waals surface area (Å²) in [4.78, 5) is 15.8. The van der Waals surface area contributed by atoms with Crippen molar-refractivity contribution in [3.8, 4) is 0 Å². The van der Waals surface area contributed by atoms with Crippen LogP contribution in [0, 0.1) is 5.82 Å². The van der Waals surface area contributed by atoms with E-state index in [1.54, 1.807) is 12.1 Å². The third-order valence-electron chi connectivity index (χ3n) is 2.60. The van der Waals surface area contributed by atoms with Gasteiger partial charge in [0.05, 0.1) is 23.4 Å². The zero-order valence-corrected chi connectivity index (χ0v) is 10.9. The van der Waals surface area contributed by atoms with E-state index < -0.39 is 5.97 Å². The van der Waals surface area contributed by atoms with Crippen molar-refractivity contribution in [1.82, 2.24) is 4.98 Å². The molecule has 2 rings (SSSR count). The van der Waals surface area contributed by atoms with Gasteiger partial charge in [0.15, 0.2) is 0 Å². The molecular weight excluding hydrogens is 269 g/mol. The lowest BCUT2D eigenvalue weighted by Gasteiger charge is -2.07. The lowest BCUT2D eigenvalue weighted by molar-refractivity contribution is 0.0599. The monoisotopic (exact) mass is 279 g/mol. The Labute approximate surface area is 115 Å². The lowest BCUT2D eigenvalue weighted by atomic mass is 10.1. The van der Waals surface area contributed by atoms with Crippen molar-refractivity contribution in [2.45, 2.75) is 6.42 Å². The third kappa shape index (κ3) is 3.29. The first kappa shape index (κ1) is 13.5. The summed E-state index contributed by atoms with van der Waals surface area (Å²) in [5.41, 5.74) is 1.51. The van der Waals surface area contributed by atoms with E-state index in [2.05, 4.69) is 9.72 Å². The fourth-order valence-electron chi connectivity index (χ4n) is 1.74. The molecule has 5 heteroatoms. The topological polar surface area (TPSA) is 39.2 Å². The fourth-order valence-corrected chi connectivity index (χ4v) is 1.89. The minimum absolute atomic E-state index is 0.291. The molecule has 0 amide bonds. The van der Waals surface area contributed by atoms with Crippen molar-refractivity contribution in [1.29, 1.82) is 0 Å². The van der Waals surface area contributed by atoms with Gasteiger partial charge in [0, 0.05) is 12.6 Å². The smallest absolute Gasteiger partial charge is 0.339 e. The summed E-state index contributed by atoms with van der Waals surface area (Å²) >= 11 is 5.82. The Balaban J connectivity index is 2.37. The van der Waals surface area contributed by atoms with Crippen LogP contribution in [0.15, 0.2) is 36.5 Å². The summed E-state index contributed by atoms with van der Waals surface area (Å²) in [5.74, 6) is -0.840. The van der Waals surface area contributed by atoms with Crippen LogP contribution in [-0.4, -0.2) is 18.1 Å². The number of benzene rings is 1. The van der Waals surface area contributed by atoms with Crippen molar-refractivity contribution in [2.75, 3.05) is 7.11 Å². The molecular formula is C14H11ClFNO2. The standard InChI is InChI=1S/C14H11ClFNO2/c1-19-14(18)12-7-10(15)8-17-13(12)6-9-3-2-4-11(16)5-9/h2-5,7-8H,6H2,1H3.